The molecule has 4 nitrogen and oxygen atoms in total. The number of anilines is 1. The summed E-state index contributed by atoms with van der Waals surface area (Å²) in [5.41, 5.74) is 3.88. The van der Waals surface area contributed by atoms with Crippen LogP contribution in [0.5, 0.6) is 0 Å². The number of ether oxygens (including phenoxy) is 1. The zero-order valence-electron chi connectivity index (χ0n) is 16.3. The molecule has 1 aliphatic heterocycles. The molecule has 1 aliphatic rings. The number of hydrogen-bond acceptors (Lipinski definition) is 4. The molecule has 0 fully saturated rings. The van der Waals surface area contributed by atoms with Crippen LogP contribution in [0.1, 0.15) is 37.5 Å². The number of rotatable bonds is 4. The Labute approximate surface area is 160 Å². The van der Waals surface area contributed by atoms with Crippen LogP contribution in [0.2, 0.25) is 0 Å². The largest absolute Gasteiger partial charge is 0.454 e. The van der Waals surface area contributed by atoms with Crippen molar-refractivity contribution in [3.8, 4) is 0 Å². The monoisotopic (exact) mass is 363 g/mol. The number of benzene rings is 2. The number of fused-ring (bicyclic) bond motifs is 1. The van der Waals surface area contributed by atoms with Crippen LogP contribution < -0.4 is 4.90 Å². The first-order valence-corrected chi connectivity index (χ1v) is 9.16. The molecule has 1 heterocycles. The van der Waals surface area contributed by atoms with Crippen molar-refractivity contribution in [2.75, 3.05) is 11.4 Å². The van der Waals surface area contributed by atoms with Gasteiger partial charge in [-0.1, -0.05) is 48.0 Å². The number of ketones is 1. The molecule has 0 N–H and O–H groups in total. The minimum Gasteiger partial charge on any atom is -0.454 e. The van der Waals surface area contributed by atoms with Gasteiger partial charge in [-0.3, -0.25) is 4.79 Å². The Kier molecular flexibility index (Phi) is 5.17. The summed E-state index contributed by atoms with van der Waals surface area (Å²) < 4.78 is 5.30. The van der Waals surface area contributed by atoms with Gasteiger partial charge in [0.2, 0.25) is 0 Å². The van der Waals surface area contributed by atoms with Crippen molar-refractivity contribution in [3.05, 3.63) is 71.4 Å². The summed E-state index contributed by atoms with van der Waals surface area (Å²) in [6, 6.07) is 15.5. The molecule has 0 atom stereocenters. The molecule has 0 unspecified atom stereocenters. The molecule has 140 valence electrons. The fourth-order valence-corrected chi connectivity index (χ4v) is 3.16. The van der Waals surface area contributed by atoms with Gasteiger partial charge in [-0.15, -0.1) is 0 Å². The summed E-state index contributed by atoms with van der Waals surface area (Å²) in [6.07, 6.45) is 2.69. The number of esters is 1. The summed E-state index contributed by atoms with van der Waals surface area (Å²) in [7, 11) is 0. The lowest BCUT2D eigenvalue weighted by atomic mass is 10.0. The third-order valence-corrected chi connectivity index (χ3v) is 4.37. The van der Waals surface area contributed by atoms with E-state index in [-0.39, 0.29) is 0 Å². The van der Waals surface area contributed by atoms with E-state index in [0.717, 1.165) is 18.7 Å². The van der Waals surface area contributed by atoms with Crippen LogP contribution in [0.3, 0.4) is 0 Å². The van der Waals surface area contributed by atoms with Crippen LogP contribution in [0.25, 0.3) is 5.57 Å². The van der Waals surface area contributed by atoms with E-state index < -0.39 is 17.4 Å². The summed E-state index contributed by atoms with van der Waals surface area (Å²) in [6.45, 7) is 8.10. The lowest BCUT2D eigenvalue weighted by Crippen LogP contribution is -2.30. The number of carbonyl (C=O) groups excluding carboxylic acids is 2. The second-order valence-electron chi connectivity index (χ2n) is 7.82. The highest BCUT2D eigenvalue weighted by atomic mass is 16.6. The maximum atomic E-state index is 12.9. The molecular weight excluding hydrogens is 338 g/mol. The Morgan fingerprint density at radius 2 is 1.78 bits per heavy atom. The second kappa shape index (κ2) is 7.39. The zero-order chi connectivity index (χ0) is 19.6. The second-order valence-corrected chi connectivity index (χ2v) is 7.82. The van der Waals surface area contributed by atoms with E-state index in [1.807, 2.05) is 35.2 Å². The van der Waals surface area contributed by atoms with Crippen molar-refractivity contribution in [1.29, 1.82) is 0 Å². The van der Waals surface area contributed by atoms with Crippen molar-refractivity contribution in [2.45, 2.75) is 39.7 Å². The van der Waals surface area contributed by atoms with Crippen molar-refractivity contribution in [2.24, 2.45) is 0 Å². The molecule has 2 aromatic carbocycles. The standard InChI is InChI=1S/C23H25NO3/c1-16-10-11-20-18(14-16)12-13-24(20)15-19(17-8-6-5-7-9-17)21(25)22(26)27-23(2,3)4/h5-11,14-15H,12-13H2,1-4H3/b19-15+. The van der Waals surface area contributed by atoms with Gasteiger partial charge in [-0.05, 0) is 51.3 Å². The van der Waals surface area contributed by atoms with Gasteiger partial charge in [0.15, 0.2) is 0 Å². The fraction of sp³-hybridized carbons (Fsp3) is 0.304. The van der Waals surface area contributed by atoms with E-state index in [9.17, 15) is 9.59 Å². The average molecular weight is 363 g/mol. The third kappa shape index (κ3) is 4.45. The Bertz CT molecular complexity index is 892. The Hall–Kier alpha value is -2.88. The highest BCUT2D eigenvalue weighted by molar-refractivity contribution is 6.51. The number of hydrogen-bond donors (Lipinski definition) is 0. The molecule has 0 saturated heterocycles. The van der Waals surface area contributed by atoms with Crippen molar-refractivity contribution in [1.82, 2.24) is 0 Å². The highest BCUT2D eigenvalue weighted by Crippen LogP contribution is 2.31. The van der Waals surface area contributed by atoms with Gasteiger partial charge in [-0.25, -0.2) is 4.79 Å². The van der Waals surface area contributed by atoms with Crippen LogP contribution in [-0.2, 0) is 20.7 Å². The average Bonchev–Trinajstić information content (AvgIpc) is 3.00. The number of Topliss-reactive ketones (excluding diaryl/α,β-unsaturated/α-hetero) is 1. The predicted molar refractivity (Wildman–Crippen MR) is 108 cm³/mol. The Balaban J connectivity index is 1.98. The molecule has 2 aromatic rings. The molecule has 0 radical (unpaired) electrons. The predicted octanol–water partition coefficient (Wildman–Crippen LogP) is 4.31. The van der Waals surface area contributed by atoms with Gasteiger partial charge in [0, 0.05) is 18.4 Å². The molecule has 4 heteroatoms. The minimum atomic E-state index is -0.832. The summed E-state index contributed by atoms with van der Waals surface area (Å²) in [5, 5.41) is 0. The number of carbonyl (C=O) groups is 2. The van der Waals surface area contributed by atoms with E-state index in [4.69, 9.17) is 4.74 Å². The summed E-state index contributed by atoms with van der Waals surface area (Å²) in [4.78, 5) is 27.4. The highest BCUT2D eigenvalue weighted by Gasteiger charge is 2.28. The van der Waals surface area contributed by atoms with Crippen LogP contribution >= 0.6 is 0 Å². The molecule has 0 amide bonds. The van der Waals surface area contributed by atoms with Crippen LogP contribution in [0, 0.1) is 6.92 Å². The molecule has 0 saturated carbocycles. The van der Waals surface area contributed by atoms with Gasteiger partial charge in [0.05, 0.1) is 5.57 Å². The van der Waals surface area contributed by atoms with Crippen LogP contribution in [0.4, 0.5) is 5.69 Å². The topological polar surface area (TPSA) is 46.6 Å². The fourth-order valence-electron chi connectivity index (χ4n) is 3.16. The van der Waals surface area contributed by atoms with E-state index in [2.05, 4.69) is 25.1 Å². The summed E-state index contributed by atoms with van der Waals surface area (Å²) >= 11 is 0. The normalized spacial score (nSPS) is 14.1. The minimum absolute atomic E-state index is 0.346. The molecular formula is C23H25NO3. The van der Waals surface area contributed by atoms with Crippen LogP contribution in [0.15, 0.2) is 54.7 Å². The quantitative estimate of drug-likeness (QED) is 0.461. The summed E-state index contributed by atoms with van der Waals surface area (Å²) in [5.74, 6) is -1.46. The Morgan fingerprint density at radius 1 is 1.07 bits per heavy atom. The van der Waals surface area contributed by atoms with E-state index in [1.54, 1.807) is 27.0 Å². The molecule has 0 aliphatic carbocycles. The van der Waals surface area contributed by atoms with Gasteiger partial charge >= 0.3 is 5.97 Å². The van der Waals surface area contributed by atoms with Crippen molar-refractivity contribution >= 4 is 23.0 Å². The molecule has 0 spiro atoms. The first-order chi connectivity index (χ1) is 12.7. The van der Waals surface area contributed by atoms with E-state index in [0.29, 0.717) is 11.1 Å². The van der Waals surface area contributed by atoms with Gasteiger partial charge in [-0.2, -0.15) is 0 Å². The van der Waals surface area contributed by atoms with E-state index in [1.165, 1.54) is 11.1 Å². The van der Waals surface area contributed by atoms with Crippen LogP contribution in [-0.4, -0.2) is 23.9 Å². The first kappa shape index (κ1) is 18.9. The van der Waals surface area contributed by atoms with E-state index >= 15 is 0 Å². The van der Waals surface area contributed by atoms with Crippen molar-refractivity contribution in [3.63, 3.8) is 0 Å². The number of nitrogens with zero attached hydrogens (tertiary/aromatic N) is 1. The molecule has 27 heavy (non-hydrogen) atoms. The molecule has 3 rings (SSSR count). The lowest BCUT2D eigenvalue weighted by Gasteiger charge is -2.20. The van der Waals surface area contributed by atoms with Gasteiger partial charge < -0.3 is 9.64 Å². The smallest absolute Gasteiger partial charge is 0.380 e. The first-order valence-electron chi connectivity index (χ1n) is 9.16. The maximum absolute atomic E-state index is 12.9. The van der Waals surface area contributed by atoms with Gasteiger partial charge in [0.1, 0.15) is 5.60 Å². The zero-order valence-corrected chi connectivity index (χ0v) is 16.3. The third-order valence-electron chi connectivity index (χ3n) is 4.37. The molecule has 0 bridgehead atoms. The van der Waals surface area contributed by atoms with Gasteiger partial charge in [0.25, 0.3) is 5.78 Å². The van der Waals surface area contributed by atoms with Crippen molar-refractivity contribution < 1.29 is 14.3 Å². The Morgan fingerprint density at radius 3 is 2.44 bits per heavy atom. The molecule has 0 aromatic heterocycles. The number of aryl methyl sites for hydroxylation is 1. The SMILES string of the molecule is Cc1ccc2c(c1)CCN2/C=C(/C(=O)C(=O)OC(C)(C)C)c1ccccc1. The maximum Gasteiger partial charge on any atom is 0.380 e. The lowest BCUT2D eigenvalue weighted by molar-refractivity contribution is -0.160.